The van der Waals surface area contributed by atoms with Crippen LogP contribution in [0.1, 0.15) is 30.9 Å². The van der Waals surface area contributed by atoms with Crippen molar-refractivity contribution >= 4 is 11.7 Å². The molecule has 1 atom stereocenters. The maximum absolute atomic E-state index is 11.4. The van der Waals surface area contributed by atoms with Crippen LogP contribution in [0.15, 0.2) is 18.2 Å². The number of anilines is 1. The van der Waals surface area contributed by atoms with Crippen molar-refractivity contribution < 1.29 is 9.90 Å². The fourth-order valence-corrected chi connectivity index (χ4v) is 2.54. The Morgan fingerprint density at radius 2 is 2.28 bits per heavy atom. The van der Waals surface area contributed by atoms with Crippen molar-refractivity contribution in [1.82, 2.24) is 0 Å². The summed E-state index contributed by atoms with van der Waals surface area (Å²) in [4.78, 5) is 13.3. The highest BCUT2D eigenvalue weighted by Crippen LogP contribution is 2.34. The minimum absolute atomic E-state index is 0.634. The van der Waals surface area contributed by atoms with E-state index >= 15 is 0 Å². The van der Waals surface area contributed by atoms with Gasteiger partial charge in [0.05, 0.1) is 11.6 Å². The zero-order valence-electron chi connectivity index (χ0n) is 10.6. The highest BCUT2D eigenvalue weighted by atomic mass is 16.4. The number of nitriles is 1. The van der Waals surface area contributed by atoms with Gasteiger partial charge in [-0.25, -0.2) is 4.79 Å². The third-order valence-electron chi connectivity index (χ3n) is 3.74. The number of rotatable bonds is 2. The molecule has 94 valence electrons. The molecule has 0 aromatic heterocycles. The van der Waals surface area contributed by atoms with Crippen molar-refractivity contribution in [3.05, 3.63) is 29.3 Å². The molecule has 2 rings (SSSR count). The van der Waals surface area contributed by atoms with E-state index in [1.807, 2.05) is 24.0 Å². The monoisotopic (exact) mass is 244 g/mol. The molecule has 1 saturated heterocycles. The van der Waals surface area contributed by atoms with Crippen LogP contribution in [-0.4, -0.2) is 23.2 Å². The molecule has 0 amide bonds. The van der Waals surface area contributed by atoms with Crippen LogP contribution in [0.5, 0.6) is 0 Å². The number of aliphatic carboxylic acids is 1. The molecule has 1 aromatic carbocycles. The van der Waals surface area contributed by atoms with E-state index in [1.54, 1.807) is 13.0 Å². The lowest BCUT2D eigenvalue weighted by Crippen LogP contribution is -2.48. The summed E-state index contributed by atoms with van der Waals surface area (Å²) < 4.78 is 0. The number of benzene rings is 1. The van der Waals surface area contributed by atoms with Gasteiger partial charge in [-0.3, -0.25) is 0 Å². The molecule has 1 heterocycles. The van der Waals surface area contributed by atoms with E-state index in [4.69, 9.17) is 5.26 Å². The first-order chi connectivity index (χ1) is 8.49. The maximum atomic E-state index is 11.4. The first kappa shape index (κ1) is 12.4. The Morgan fingerprint density at radius 1 is 1.56 bits per heavy atom. The molecule has 0 radical (unpaired) electrons. The number of nitrogens with zero attached hydrogens (tertiary/aromatic N) is 2. The van der Waals surface area contributed by atoms with Crippen molar-refractivity contribution in [3.63, 3.8) is 0 Å². The van der Waals surface area contributed by atoms with Crippen molar-refractivity contribution in [2.75, 3.05) is 11.4 Å². The molecule has 1 fully saturated rings. The maximum Gasteiger partial charge on any atom is 0.329 e. The van der Waals surface area contributed by atoms with E-state index in [0.29, 0.717) is 12.0 Å². The number of carboxylic acids is 1. The Balaban J connectivity index is 2.40. The van der Waals surface area contributed by atoms with E-state index in [-0.39, 0.29) is 0 Å². The predicted octanol–water partition coefficient (Wildman–Crippen LogP) is 2.31. The number of hydrogen-bond acceptors (Lipinski definition) is 3. The van der Waals surface area contributed by atoms with Gasteiger partial charge in [0.2, 0.25) is 0 Å². The fourth-order valence-electron chi connectivity index (χ4n) is 2.54. The summed E-state index contributed by atoms with van der Waals surface area (Å²) in [6.45, 7) is 4.38. The largest absolute Gasteiger partial charge is 0.480 e. The van der Waals surface area contributed by atoms with Crippen molar-refractivity contribution in [3.8, 4) is 6.07 Å². The molecule has 0 saturated carbocycles. The van der Waals surface area contributed by atoms with Gasteiger partial charge in [0.15, 0.2) is 0 Å². The van der Waals surface area contributed by atoms with Crippen LogP contribution in [0, 0.1) is 18.3 Å². The molecule has 0 aliphatic carbocycles. The lowest BCUT2D eigenvalue weighted by molar-refractivity contribution is -0.142. The van der Waals surface area contributed by atoms with Crippen LogP contribution in [-0.2, 0) is 4.79 Å². The second-order valence-electron chi connectivity index (χ2n) is 4.95. The van der Waals surface area contributed by atoms with Gasteiger partial charge in [-0.2, -0.15) is 5.26 Å². The first-order valence-corrected chi connectivity index (χ1v) is 6.01. The molecule has 1 aliphatic heterocycles. The smallest absolute Gasteiger partial charge is 0.329 e. The third kappa shape index (κ3) is 1.82. The molecule has 1 aromatic rings. The Bertz CT molecular complexity index is 533. The Hall–Kier alpha value is -2.02. The predicted molar refractivity (Wildman–Crippen MR) is 68.5 cm³/mol. The summed E-state index contributed by atoms with van der Waals surface area (Å²) in [5.41, 5.74) is 1.57. The minimum atomic E-state index is -0.833. The summed E-state index contributed by atoms with van der Waals surface area (Å²) in [5.74, 6) is -0.790. The van der Waals surface area contributed by atoms with Gasteiger partial charge in [-0.05, 0) is 50.5 Å². The third-order valence-corrected chi connectivity index (χ3v) is 3.74. The summed E-state index contributed by atoms with van der Waals surface area (Å²) in [7, 11) is 0. The second-order valence-corrected chi connectivity index (χ2v) is 4.95. The number of aryl methyl sites for hydroxylation is 1. The summed E-state index contributed by atoms with van der Waals surface area (Å²) in [6.07, 6.45) is 1.53. The van der Waals surface area contributed by atoms with Crippen LogP contribution in [0.2, 0.25) is 0 Å². The average Bonchev–Trinajstić information content (AvgIpc) is 2.72. The molecule has 18 heavy (non-hydrogen) atoms. The van der Waals surface area contributed by atoms with Crippen LogP contribution < -0.4 is 4.90 Å². The molecular weight excluding hydrogens is 228 g/mol. The summed E-state index contributed by atoms with van der Waals surface area (Å²) >= 11 is 0. The zero-order chi connectivity index (χ0) is 13.3. The molecule has 1 N–H and O–H groups in total. The van der Waals surface area contributed by atoms with E-state index < -0.39 is 11.5 Å². The van der Waals surface area contributed by atoms with E-state index in [0.717, 1.165) is 24.2 Å². The van der Waals surface area contributed by atoms with E-state index in [1.165, 1.54) is 0 Å². The van der Waals surface area contributed by atoms with E-state index in [9.17, 15) is 9.90 Å². The summed E-state index contributed by atoms with van der Waals surface area (Å²) in [5, 5.41) is 18.3. The number of carbonyl (C=O) groups is 1. The molecule has 4 nitrogen and oxygen atoms in total. The molecule has 1 aliphatic rings. The van der Waals surface area contributed by atoms with Gasteiger partial charge in [-0.1, -0.05) is 0 Å². The molecule has 0 bridgehead atoms. The lowest BCUT2D eigenvalue weighted by atomic mass is 9.98. The molecular formula is C14H16N2O2. The Labute approximate surface area is 106 Å². The topological polar surface area (TPSA) is 64.3 Å². The highest BCUT2D eigenvalue weighted by molar-refractivity contribution is 5.84. The Morgan fingerprint density at radius 3 is 2.83 bits per heavy atom. The van der Waals surface area contributed by atoms with Crippen molar-refractivity contribution in [2.45, 2.75) is 32.2 Å². The van der Waals surface area contributed by atoms with Crippen LogP contribution in [0.4, 0.5) is 5.69 Å². The van der Waals surface area contributed by atoms with Gasteiger partial charge in [-0.15, -0.1) is 0 Å². The van der Waals surface area contributed by atoms with Crippen molar-refractivity contribution in [2.24, 2.45) is 0 Å². The number of hydrogen-bond donors (Lipinski definition) is 1. The first-order valence-electron chi connectivity index (χ1n) is 6.01. The van der Waals surface area contributed by atoms with E-state index in [2.05, 4.69) is 6.07 Å². The SMILES string of the molecule is Cc1cc(N2CCCC2(C)C(=O)O)ccc1C#N. The van der Waals surface area contributed by atoms with Crippen LogP contribution >= 0.6 is 0 Å². The molecule has 0 spiro atoms. The fraction of sp³-hybridized carbons (Fsp3) is 0.429. The van der Waals surface area contributed by atoms with Crippen LogP contribution in [0.25, 0.3) is 0 Å². The second kappa shape index (κ2) is 4.34. The lowest BCUT2D eigenvalue weighted by Gasteiger charge is -2.33. The average molecular weight is 244 g/mol. The van der Waals surface area contributed by atoms with Gasteiger partial charge in [0, 0.05) is 12.2 Å². The van der Waals surface area contributed by atoms with Gasteiger partial charge in [0.25, 0.3) is 0 Å². The van der Waals surface area contributed by atoms with Gasteiger partial charge >= 0.3 is 5.97 Å². The minimum Gasteiger partial charge on any atom is -0.480 e. The van der Waals surface area contributed by atoms with Gasteiger partial charge < -0.3 is 10.0 Å². The number of carboxylic acid groups (broad SMARTS) is 1. The molecule has 1 unspecified atom stereocenters. The summed E-state index contributed by atoms with van der Waals surface area (Å²) in [6, 6.07) is 7.60. The highest BCUT2D eigenvalue weighted by Gasteiger charge is 2.43. The zero-order valence-corrected chi connectivity index (χ0v) is 10.6. The normalized spacial score (nSPS) is 22.8. The standard InChI is InChI=1S/C14H16N2O2/c1-10-8-12(5-4-11(10)9-15)16-7-3-6-14(16,2)13(17)18/h4-5,8H,3,6-7H2,1-2H3,(H,17,18). The van der Waals surface area contributed by atoms with Gasteiger partial charge in [0.1, 0.15) is 5.54 Å². The van der Waals surface area contributed by atoms with Crippen LogP contribution in [0.3, 0.4) is 0 Å². The quantitative estimate of drug-likeness (QED) is 0.867. The Kier molecular flexibility index (Phi) is 3.00. The molecule has 4 heteroatoms. The van der Waals surface area contributed by atoms with Crippen molar-refractivity contribution in [1.29, 1.82) is 5.26 Å².